The average Bonchev–Trinajstić information content (AvgIpc) is 3.29. The molecule has 1 aromatic rings. The van der Waals surface area contributed by atoms with Crippen LogP contribution >= 0.6 is 0 Å². The van der Waals surface area contributed by atoms with Gasteiger partial charge in [0.2, 0.25) is 5.91 Å². The van der Waals surface area contributed by atoms with Crippen molar-refractivity contribution in [3.63, 3.8) is 0 Å². The van der Waals surface area contributed by atoms with Crippen LogP contribution in [0.2, 0.25) is 0 Å². The summed E-state index contributed by atoms with van der Waals surface area (Å²) >= 11 is 0. The Kier molecular flexibility index (Phi) is 3.75. The number of terminal acetylenes is 1. The molecule has 3 rings (SSSR count). The molecule has 20 heavy (non-hydrogen) atoms. The van der Waals surface area contributed by atoms with Crippen molar-refractivity contribution in [2.45, 2.75) is 25.3 Å². The second kappa shape index (κ2) is 5.68. The monoisotopic (exact) mass is 268 g/mol. The third-order valence-electron chi connectivity index (χ3n) is 4.16. The van der Waals surface area contributed by atoms with Crippen molar-refractivity contribution in [2.24, 2.45) is 5.92 Å². The highest BCUT2D eigenvalue weighted by molar-refractivity contribution is 5.85. The molecule has 3 heteroatoms. The van der Waals surface area contributed by atoms with E-state index in [4.69, 9.17) is 6.42 Å². The van der Waals surface area contributed by atoms with E-state index in [1.54, 1.807) is 0 Å². The number of carbonyl (C=O) groups is 1. The summed E-state index contributed by atoms with van der Waals surface area (Å²) < 4.78 is 0. The van der Waals surface area contributed by atoms with Crippen molar-refractivity contribution in [1.29, 1.82) is 0 Å². The lowest BCUT2D eigenvalue weighted by atomic mass is 9.89. The second-order valence-electron chi connectivity index (χ2n) is 5.75. The van der Waals surface area contributed by atoms with E-state index in [1.807, 2.05) is 17.0 Å². The molecule has 0 bridgehead atoms. The van der Waals surface area contributed by atoms with Crippen LogP contribution in [0.3, 0.4) is 0 Å². The fraction of sp³-hybridized carbons (Fsp3) is 0.471. The number of carbonyl (C=O) groups excluding carboxylic acids is 1. The molecule has 1 atom stereocenters. The van der Waals surface area contributed by atoms with Gasteiger partial charge in [0.05, 0.1) is 12.5 Å². The first-order chi connectivity index (χ1) is 9.79. The van der Waals surface area contributed by atoms with E-state index in [0.717, 1.165) is 18.7 Å². The highest BCUT2D eigenvalue weighted by Crippen LogP contribution is 2.31. The number of hydrogen-bond acceptors (Lipinski definition) is 2. The summed E-state index contributed by atoms with van der Waals surface area (Å²) in [5.41, 5.74) is 2.39. The van der Waals surface area contributed by atoms with Gasteiger partial charge in [0, 0.05) is 19.6 Å². The molecule has 1 aliphatic carbocycles. The molecule has 1 aromatic carbocycles. The molecule has 0 aromatic heterocycles. The standard InChI is InChI=1S/C17H20N2O/c1-2-9-19(12-13-7-8-13)17(20)16-11-18-10-14-5-3-4-6-15(14)16/h1,3-6,13,16,18H,7-12H2. The van der Waals surface area contributed by atoms with Crippen LogP contribution in [0.5, 0.6) is 0 Å². The molecule has 1 saturated carbocycles. The number of benzene rings is 1. The van der Waals surface area contributed by atoms with Crippen molar-refractivity contribution in [3.8, 4) is 12.3 Å². The second-order valence-corrected chi connectivity index (χ2v) is 5.75. The van der Waals surface area contributed by atoms with E-state index in [2.05, 4.69) is 23.4 Å². The van der Waals surface area contributed by atoms with Crippen LogP contribution in [0, 0.1) is 18.3 Å². The molecular weight excluding hydrogens is 248 g/mol. The number of amides is 1. The largest absolute Gasteiger partial charge is 0.331 e. The third kappa shape index (κ3) is 2.71. The van der Waals surface area contributed by atoms with Crippen molar-refractivity contribution in [2.75, 3.05) is 19.6 Å². The predicted octanol–water partition coefficient (Wildman–Crippen LogP) is 1.75. The Morgan fingerprint density at radius 3 is 2.95 bits per heavy atom. The number of nitrogens with zero attached hydrogens (tertiary/aromatic N) is 1. The Labute approximate surface area is 120 Å². The molecule has 1 heterocycles. The summed E-state index contributed by atoms with van der Waals surface area (Å²) in [7, 11) is 0. The molecule has 0 radical (unpaired) electrons. The van der Waals surface area contributed by atoms with Crippen molar-refractivity contribution in [3.05, 3.63) is 35.4 Å². The summed E-state index contributed by atoms with van der Waals surface area (Å²) in [4.78, 5) is 14.7. The van der Waals surface area contributed by atoms with Gasteiger partial charge in [-0.05, 0) is 29.9 Å². The molecule has 1 unspecified atom stereocenters. The molecule has 2 aliphatic rings. The van der Waals surface area contributed by atoms with Crippen LogP contribution in [-0.4, -0.2) is 30.4 Å². The molecule has 1 fully saturated rings. The van der Waals surface area contributed by atoms with Gasteiger partial charge in [-0.2, -0.15) is 0 Å². The first kappa shape index (κ1) is 13.2. The molecule has 1 N–H and O–H groups in total. The summed E-state index contributed by atoms with van der Waals surface area (Å²) in [5.74, 6) is 3.38. The Morgan fingerprint density at radius 1 is 1.40 bits per heavy atom. The van der Waals surface area contributed by atoms with Crippen LogP contribution in [0.1, 0.15) is 29.9 Å². The number of nitrogens with one attached hydrogen (secondary N) is 1. The predicted molar refractivity (Wildman–Crippen MR) is 79.0 cm³/mol. The van der Waals surface area contributed by atoms with Gasteiger partial charge in [-0.15, -0.1) is 6.42 Å². The Hall–Kier alpha value is -1.79. The normalized spacial score (nSPS) is 20.9. The molecule has 3 nitrogen and oxygen atoms in total. The van der Waals surface area contributed by atoms with Crippen molar-refractivity contribution < 1.29 is 4.79 Å². The molecule has 104 valence electrons. The Morgan fingerprint density at radius 2 is 2.20 bits per heavy atom. The third-order valence-corrected chi connectivity index (χ3v) is 4.16. The van der Waals surface area contributed by atoms with E-state index >= 15 is 0 Å². The maximum atomic E-state index is 12.8. The van der Waals surface area contributed by atoms with Gasteiger partial charge in [-0.25, -0.2) is 0 Å². The lowest BCUT2D eigenvalue weighted by Crippen LogP contribution is -2.42. The Bertz CT molecular complexity index is 542. The minimum Gasteiger partial charge on any atom is -0.331 e. The fourth-order valence-electron chi connectivity index (χ4n) is 2.89. The molecule has 1 amide bonds. The van der Waals surface area contributed by atoms with Gasteiger partial charge < -0.3 is 10.2 Å². The van der Waals surface area contributed by atoms with Crippen LogP contribution in [0.15, 0.2) is 24.3 Å². The van der Waals surface area contributed by atoms with E-state index in [0.29, 0.717) is 19.0 Å². The first-order valence-electron chi connectivity index (χ1n) is 7.30. The van der Waals surface area contributed by atoms with Crippen LogP contribution < -0.4 is 5.32 Å². The van der Waals surface area contributed by atoms with Crippen molar-refractivity contribution in [1.82, 2.24) is 10.2 Å². The smallest absolute Gasteiger partial charge is 0.232 e. The minimum atomic E-state index is -0.0907. The highest BCUT2D eigenvalue weighted by Gasteiger charge is 2.32. The van der Waals surface area contributed by atoms with E-state index < -0.39 is 0 Å². The van der Waals surface area contributed by atoms with E-state index in [-0.39, 0.29) is 11.8 Å². The first-order valence-corrected chi connectivity index (χ1v) is 7.30. The maximum absolute atomic E-state index is 12.8. The van der Waals surface area contributed by atoms with E-state index in [1.165, 1.54) is 18.4 Å². The van der Waals surface area contributed by atoms with Crippen LogP contribution in [-0.2, 0) is 11.3 Å². The summed E-state index contributed by atoms with van der Waals surface area (Å²) in [5, 5.41) is 3.34. The summed E-state index contributed by atoms with van der Waals surface area (Å²) in [6.45, 7) is 2.80. The zero-order valence-corrected chi connectivity index (χ0v) is 11.6. The van der Waals surface area contributed by atoms with Crippen LogP contribution in [0.4, 0.5) is 0 Å². The lowest BCUT2D eigenvalue weighted by Gasteiger charge is -2.30. The number of hydrogen-bond donors (Lipinski definition) is 1. The van der Waals surface area contributed by atoms with Gasteiger partial charge in [0.25, 0.3) is 0 Å². The van der Waals surface area contributed by atoms with Crippen LogP contribution in [0.25, 0.3) is 0 Å². The summed E-state index contributed by atoms with van der Waals surface area (Å²) in [6.07, 6.45) is 7.89. The van der Waals surface area contributed by atoms with E-state index in [9.17, 15) is 4.79 Å². The van der Waals surface area contributed by atoms with Gasteiger partial charge in [0.15, 0.2) is 0 Å². The fourth-order valence-corrected chi connectivity index (χ4v) is 2.89. The summed E-state index contributed by atoms with van der Waals surface area (Å²) in [6, 6.07) is 8.20. The molecule has 0 saturated heterocycles. The SMILES string of the molecule is C#CCN(CC1CC1)C(=O)C1CNCc2ccccc21. The Balaban J connectivity index is 1.80. The zero-order valence-electron chi connectivity index (χ0n) is 11.6. The number of rotatable bonds is 4. The average molecular weight is 268 g/mol. The van der Waals surface area contributed by atoms with Gasteiger partial charge >= 0.3 is 0 Å². The molecular formula is C17H20N2O. The number of fused-ring (bicyclic) bond motifs is 1. The van der Waals surface area contributed by atoms with Gasteiger partial charge in [0.1, 0.15) is 0 Å². The molecule has 1 aliphatic heterocycles. The zero-order chi connectivity index (χ0) is 13.9. The quantitative estimate of drug-likeness (QED) is 0.844. The van der Waals surface area contributed by atoms with Gasteiger partial charge in [-0.1, -0.05) is 30.2 Å². The minimum absolute atomic E-state index is 0.0907. The lowest BCUT2D eigenvalue weighted by molar-refractivity contribution is -0.132. The maximum Gasteiger partial charge on any atom is 0.232 e. The highest BCUT2D eigenvalue weighted by atomic mass is 16.2. The van der Waals surface area contributed by atoms with Gasteiger partial charge in [-0.3, -0.25) is 4.79 Å². The molecule has 0 spiro atoms. The van der Waals surface area contributed by atoms with Crippen molar-refractivity contribution >= 4 is 5.91 Å². The topological polar surface area (TPSA) is 32.3 Å².